The Kier molecular flexibility index (Phi) is 5.01. The van der Waals surface area contributed by atoms with E-state index in [-0.39, 0.29) is 25.0 Å². The smallest absolute Gasteiger partial charge is 0.339 e. The number of nitrogens with one attached hydrogen (secondary N) is 1. The van der Waals surface area contributed by atoms with E-state index in [1.165, 1.54) is 0 Å². The van der Waals surface area contributed by atoms with E-state index in [9.17, 15) is 9.59 Å². The molecular weight excluding hydrogens is 334 g/mol. The number of ether oxygens (including phenoxy) is 1. The zero-order valence-electron chi connectivity index (χ0n) is 15.0. The van der Waals surface area contributed by atoms with Crippen LogP contribution in [0.3, 0.4) is 0 Å². The molecule has 8 heteroatoms. The monoisotopic (exact) mass is 355 g/mol. The molecule has 26 heavy (non-hydrogen) atoms. The third-order valence-corrected chi connectivity index (χ3v) is 4.20. The van der Waals surface area contributed by atoms with Crippen LogP contribution >= 0.6 is 0 Å². The first-order chi connectivity index (χ1) is 12.5. The molecule has 0 fully saturated rings. The maximum Gasteiger partial charge on any atom is 0.339 e. The number of hydrogen-bond acceptors (Lipinski definition) is 5. The Balaban J connectivity index is 1.68. The molecule has 0 radical (unpaired) electrons. The van der Waals surface area contributed by atoms with Gasteiger partial charge in [0.25, 0.3) is 0 Å². The fourth-order valence-corrected chi connectivity index (χ4v) is 2.85. The van der Waals surface area contributed by atoms with Crippen LogP contribution in [0.5, 0.6) is 0 Å². The van der Waals surface area contributed by atoms with Crippen LogP contribution in [0.1, 0.15) is 34.5 Å². The van der Waals surface area contributed by atoms with Crippen LogP contribution in [0.25, 0.3) is 5.65 Å². The van der Waals surface area contributed by atoms with Crippen molar-refractivity contribution in [1.29, 1.82) is 0 Å². The molecule has 0 aliphatic carbocycles. The van der Waals surface area contributed by atoms with Gasteiger partial charge in [-0.1, -0.05) is 6.07 Å². The lowest BCUT2D eigenvalue weighted by molar-refractivity contribution is -0.121. The standard InChI is InChI=1S/C18H21N5O3/c1-4-26-18(25)14-9-12(2)23(13(14)3)11-17(24)19-10-16-21-20-15-7-5-6-8-22(15)16/h5-9H,4,10-11H2,1-3H3,(H,19,24). The van der Waals surface area contributed by atoms with Gasteiger partial charge in [-0.05, 0) is 39.0 Å². The number of pyridine rings is 1. The Labute approximate surface area is 150 Å². The zero-order valence-corrected chi connectivity index (χ0v) is 15.0. The minimum atomic E-state index is -0.373. The summed E-state index contributed by atoms with van der Waals surface area (Å²) in [5.41, 5.74) is 2.76. The minimum Gasteiger partial charge on any atom is -0.462 e. The van der Waals surface area contributed by atoms with Crippen LogP contribution in [-0.2, 0) is 22.6 Å². The highest BCUT2D eigenvalue weighted by molar-refractivity contribution is 5.91. The fourth-order valence-electron chi connectivity index (χ4n) is 2.85. The number of hydrogen-bond donors (Lipinski definition) is 1. The van der Waals surface area contributed by atoms with Crippen molar-refractivity contribution < 1.29 is 14.3 Å². The third-order valence-electron chi connectivity index (χ3n) is 4.20. The minimum absolute atomic E-state index is 0.119. The van der Waals surface area contributed by atoms with E-state index < -0.39 is 0 Å². The number of aromatic nitrogens is 4. The van der Waals surface area contributed by atoms with E-state index >= 15 is 0 Å². The van der Waals surface area contributed by atoms with Crippen LogP contribution in [0.2, 0.25) is 0 Å². The SMILES string of the molecule is CCOC(=O)c1cc(C)n(CC(=O)NCc2nnc3ccccn23)c1C. The number of esters is 1. The van der Waals surface area contributed by atoms with Crippen molar-refractivity contribution >= 4 is 17.5 Å². The van der Waals surface area contributed by atoms with Crippen molar-refractivity contribution in [3.63, 3.8) is 0 Å². The van der Waals surface area contributed by atoms with Gasteiger partial charge in [0.2, 0.25) is 5.91 Å². The molecule has 1 amide bonds. The Bertz CT molecular complexity index is 957. The molecule has 0 spiro atoms. The number of rotatable bonds is 6. The highest BCUT2D eigenvalue weighted by Gasteiger charge is 2.18. The topological polar surface area (TPSA) is 90.5 Å². The van der Waals surface area contributed by atoms with Crippen LogP contribution < -0.4 is 5.32 Å². The van der Waals surface area contributed by atoms with Crippen molar-refractivity contribution in [2.45, 2.75) is 33.9 Å². The van der Waals surface area contributed by atoms with Crippen molar-refractivity contribution in [2.24, 2.45) is 0 Å². The summed E-state index contributed by atoms with van der Waals surface area (Å²) >= 11 is 0. The molecule has 3 aromatic rings. The van der Waals surface area contributed by atoms with Gasteiger partial charge in [-0.25, -0.2) is 4.79 Å². The van der Waals surface area contributed by atoms with Gasteiger partial charge in [-0.3, -0.25) is 9.20 Å². The Morgan fingerprint density at radius 1 is 1.23 bits per heavy atom. The van der Waals surface area contributed by atoms with Crippen LogP contribution in [0.4, 0.5) is 0 Å². The summed E-state index contributed by atoms with van der Waals surface area (Å²) in [5.74, 6) is 0.110. The average Bonchev–Trinajstić information content (AvgIpc) is 3.16. The number of carbonyl (C=O) groups is 2. The summed E-state index contributed by atoms with van der Waals surface area (Å²) in [6, 6.07) is 7.35. The summed E-state index contributed by atoms with van der Waals surface area (Å²) in [6.45, 7) is 6.13. The van der Waals surface area contributed by atoms with Crippen molar-refractivity contribution in [1.82, 2.24) is 24.5 Å². The maximum atomic E-state index is 12.3. The van der Waals surface area contributed by atoms with Gasteiger partial charge in [-0.2, -0.15) is 0 Å². The molecule has 0 saturated carbocycles. The van der Waals surface area contributed by atoms with E-state index in [2.05, 4.69) is 15.5 Å². The Morgan fingerprint density at radius 2 is 2.04 bits per heavy atom. The first kappa shape index (κ1) is 17.7. The summed E-state index contributed by atoms with van der Waals surface area (Å²) in [5, 5.41) is 11.0. The largest absolute Gasteiger partial charge is 0.462 e. The van der Waals surface area contributed by atoms with Gasteiger partial charge < -0.3 is 14.6 Å². The molecule has 0 aliphatic heterocycles. The molecule has 1 N–H and O–H groups in total. The molecule has 0 aromatic carbocycles. The van der Waals surface area contributed by atoms with Crippen molar-refractivity contribution in [3.05, 3.63) is 53.2 Å². The molecule has 0 unspecified atom stereocenters. The predicted octanol–water partition coefficient (Wildman–Crippen LogP) is 1.64. The Hall–Kier alpha value is -3.16. The first-order valence-corrected chi connectivity index (χ1v) is 8.40. The molecule has 0 saturated heterocycles. The number of carbonyl (C=O) groups excluding carboxylic acids is 2. The highest BCUT2D eigenvalue weighted by atomic mass is 16.5. The molecule has 136 valence electrons. The highest BCUT2D eigenvalue weighted by Crippen LogP contribution is 2.16. The number of nitrogens with zero attached hydrogens (tertiary/aromatic N) is 4. The predicted molar refractivity (Wildman–Crippen MR) is 94.7 cm³/mol. The molecule has 3 aromatic heterocycles. The first-order valence-electron chi connectivity index (χ1n) is 8.40. The molecular formula is C18H21N5O3. The van der Waals surface area contributed by atoms with E-state index in [1.54, 1.807) is 24.5 Å². The average molecular weight is 355 g/mol. The van der Waals surface area contributed by atoms with Crippen LogP contribution in [0.15, 0.2) is 30.5 Å². The van der Waals surface area contributed by atoms with Crippen LogP contribution in [-0.4, -0.2) is 37.6 Å². The van der Waals surface area contributed by atoms with Crippen molar-refractivity contribution in [2.75, 3.05) is 6.61 Å². The Morgan fingerprint density at radius 3 is 2.81 bits per heavy atom. The lowest BCUT2D eigenvalue weighted by Crippen LogP contribution is -2.28. The summed E-state index contributed by atoms with van der Waals surface area (Å²) in [4.78, 5) is 24.3. The van der Waals surface area contributed by atoms with Gasteiger partial charge in [0.1, 0.15) is 6.54 Å². The molecule has 3 heterocycles. The van der Waals surface area contributed by atoms with Crippen molar-refractivity contribution in [3.8, 4) is 0 Å². The van der Waals surface area contributed by atoms with E-state index in [0.717, 1.165) is 11.3 Å². The van der Waals surface area contributed by atoms with E-state index in [4.69, 9.17) is 4.74 Å². The molecule has 8 nitrogen and oxygen atoms in total. The molecule has 0 atom stereocenters. The fraction of sp³-hybridized carbons (Fsp3) is 0.333. The second-order valence-electron chi connectivity index (χ2n) is 5.91. The van der Waals surface area contributed by atoms with Gasteiger partial charge in [-0.15, -0.1) is 10.2 Å². The van der Waals surface area contributed by atoms with E-state index in [0.29, 0.717) is 23.7 Å². The lowest BCUT2D eigenvalue weighted by Gasteiger charge is -2.10. The molecule has 3 rings (SSSR count). The molecule has 0 aliphatic rings. The molecule has 0 bridgehead atoms. The van der Waals surface area contributed by atoms with Gasteiger partial charge in [0, 0.05) is 17.6 Å². The second kappa shape index (κ2) is 7.38. The quantitative estimate of drug-likeness (QED) is 0.679. The second-order valence-corrected chi connectivity index (χ2v) is 5.91. The summed E-state index contributed by atoms with van der Waals surface area (Å²) in [6.07, 6.45) is 1.85. The summed E-state index contributed by atoms with van der Waals surface area (Å²) < 4.78 is 8.67. The van der Waals surface area contributed by atoms with Crippen LogP contribution in [0, 0.1) is 13.8 Å². The lowest BCUT2D eigenvalue weighted by atomic mass is 10.2. The number of fused-ring (bicyclic) bond motifs is 1. The van der Waals surface area contributed by atoms with Gasteiger partial charge in [0.15, 0.2) is 11.5 Å². The number of aryl methyl sites for hydroxylation is 1. The van der Waals surface area contributed by atoms with E-state index in [1.807, 2.05) is 35.7 Å². The number of amides is 1. The normalized spacial score (nSPS) is 10.9. The van der Waals surface area contributed by atoms with Gasteiger partial charge in [0.05, 0.1) is 18.7 Å². The maximum absolute atomic E-state index is 12.3. The zero-order chi connectivity index (χ0) is 18.7. The summed E-state index contributed by atoms with van der Waals surface area (Å²) in [7, 11) is 0. The third kappa shape index (κ3) is 3.44. The van der Waals surface area contributed by atoms with Gasteiger partial charge >= 0.3 is 5.97 Å².